The lowest BCUT2D eigenvalue weighted by Gasteiger charge is -2.62. The Morgan fingerprint density at radius 2 is 0.522 bits per heavy atom. The van der Waals surface area contributed by atoms with Gasteiger partial charge in [0.05, 0.1) is 27.6 Å². The van der Waals surface area contributed by atoms with E-state index >= 15 is 0 Å². The Hall–Kier alpha value is -14.6. The molecule has 0 radical (unpaired) electrons. The third-order valence-corrected chi connectivity index (χ3v) is 34.6. The molecular weight excluding hydrogens is 1660 g/mol. The van der Waals surface area contributed by atoms with Crippen LogP contribution < -0.4 is 9.80 Å². The quantitative estimate of drug-likeness (QED) is 0.101. The van der Waals surface area contributed by atoms with E-state index in [9.17, 15) is 0 Å². The van der Waals surface area contributed by atoms with E-state index in [1.807, 2.05) is 0 Å². The summed E-state index contributed by atoms with van der Waals surface area (Å²) in [5.74, 6) is 4.37. The number of aromatic nitrogens is 1. The Bertz CT molecular complexity index is 7730. The van der Waals surface area contributed by atoms with Gasteiger partial charge < -0.3 is 14.4 Å². The minimum Gasteiger partial charge on any atom is -0.310 e. The number of nitrogens with zero attached hydrogens (tertiary/aromatic N) is 3. The van der Waals surface area contributed by atoms with Gasteiger partial charge in [0.2, 0.25) is 0 Å². The molecule has 0 N–H and O–H groups in total. The van der Waals surface area contributed by atoms with Crippen LogP contribution in [0.25, 0.3) is 83.1 Å². The maximum absolute atomic E-state index is 2.74. The smallest absolute Gasteiger partial charge is 0.0707 e. The Morgan fingerprint density at radius 3 is 0.978 bits per heavy atom. The average molecular weight is 1780 g/mol. The molecule has 0 amide bonds. The summed E-state index contributed by atoms with van der Waals surface area (Å²) in [5, 5.41) is 2.46. The highest BCUT2D eigenvalue weighted by Gasteiger charge is 2.64. The van der Waals surface area contributed by atoms with E-state index in [2.05, 4.69) is 499 Å². The van der Waals surface area contributed by atoms with Crippen molar-refractivity contribution in [2.75, 3.05) is 9.80 Å². The molecule has 2 spiro atoms. The first-order valence-electron chi connectivity index (χ1n) is 50.9. The van der Waals surface area contributed by atoms with Crippen LogP contribution in [0.15, 0.2) is 443 Å². The van der Waals surface area contributed by atoms with Gasteiger partial charge >= 0.3 is 0 Å². The first-order valence-corrected chi connectivity index (χ1v) is 50.9. The van der Waals surface area contributed by atoms with Gasteiger partial charge in [0.25, 0.3) is 0 Å². The summed E-state index contributed by atoms with van der Waals surface area (Å²) in [5.41, 5.74) is 39.9. The van der Waals surface area contributed by atoms with Crippen LogP contribution >= 0.6 is 0 Å². The van der Waals surface area contributed by atoms with E-state index in [0.29, 0.717) is 47.3 Å². The lowest BCUT2D eigenvalue weighted by atomic mass is 9.41. The molecule has 3 nitrogen and oxygen atoms in total. The third kappa shape index (κ3) is 12.6. The van der Waals surface area contributed by atoms with E-state index in [-0.39, 0.29) is 16.2 Å². The first kappa shape index (κ1) is 83.9. The van der Waals surface area contributed by atoms with Crippen molar-refractivity contribution >= 4 is 55.9 Å². The zero-order valence-corrected chi connectivity index (χ0v) is 79.8. The predicted octanol–water partition coefficient (Wildman–Crippen LogP) is 34.8. The zero-order chi connectivity index (χ0) is 92.3. The first-order chi connectivity index (χ1) is 67.8. The molecule has 0 saturated heterocycles. The van der Waals surface area contributed by atoms with Crippen molar-refractivity contribution in [3.8, 4) is 61.3 Å². The summed E-state index contributed by atoms with van der Waals surface area (Å²) >= 11 is 0. The molecule has 4 bridgehead atoms. The van der Waals surface area contributed by atoms with E-state index < -0.39 is 10.8 Å². The summed E-state index contributed by atoms with van der Waals surface area (Å²) in [6.45, 7) is 15.1. The van der Waals surface area contributed by atoms with Crippen molar-refractivity contribution in [3.63, 3.8) is 0 Å². The molecule has 4 fully saturated rings. The second-order valence-electron chi connectivity index (χ2n) is 42.6. The van der Waals surface area contributed by atoms with Crippen LogP contribution in [-0.4, -0.2) is 4.57 Å². The van der Waals surface area contributed by atoms with Gasteiger partial charge in [-0.05, 0) is 324 Å². The molecule has 1 heterocycles. The fourth-order valence-corrected chi connectivity index (χ4v) is 29.6. The summed E-state index contributed by atoms with van der Waals surface area (Å²) in [6.07, 6.45) is 9.63. The van der Waals surface area contributed by atoms with E-state index in [1.54, 1.807) is 0 Å². The summed E-state index contributed by atoms with van der Waals surface area (Å²) in [4.78, 5) is 5.22. The molecule has 7 aliphatic carbocycles. The van der Waals surface area contributed by atoms with Gasteiger partial charge in [0.15, 0.2) is 0 Å². The fraction of sp³-hybridized carbons (Fsp3) is 0.200. The molecule has 4 saturated carbocycles. The number of rotatable bonds is 15. The molecular formula is C135H115N3. The Balaban J connectivity index is 0.656. The molecule has 7 aliphatic rings. The maximum atomic E-state index is 2.74. The number of para-hydroxylation sites is 2. The van der Waals surface area contributed by atoms with Gasteiger partial charge in [0.1, 0.15) is 0 Å². The highest BCUT2D eigenvalue weighted by atomic mass is 15.2. The number of hydrogen-bond donors (Lipinski definition) is 0. The van der Waals surface area contributed by atoms with Crippen molar-refractivity contribution < 1.29 is 0 Å². The van der Waals surface area contributed by atoms with Crippen molar-refractivity contribution in [2.45, 2.75) is 120 Å². The summed E-state index contributed by atoms with van der Waals surface area (Å²) in [7, 11) is 0. The number of fused-ring (bicyclic) bond motifs is 10. The molecule has 18 aromatic carbocycles. The van der Waals surface area contributed by atoms with Crippen molar-refractivity contribution in [2.24, 2.45) is 47.3 Å². The normalized spacial score (nSPS) is 21.8. The molecule has 670 valence electrons. The molecule has 0 aliphatic heterocycles. The van der Waals surface area contributed by atoms with Crippen molar-refractivity contribution in [1.29, 1.82) is 0 Å². The lowest BCUT2D eigenvalue weighted by molar-refractivity contribution is 0.0238. The lowest BCUT2D eigenvalue weighted by Crippen LogP contribution is -2.56. The number of anilines is 6. The highest BCUT2D eigenvalue weighted by Crippen LogP contribution is 2.71. The largest absolute Gasteiger partial charge is 0.310 e. The standard InChI is InChI=1S/C135H115N3/c1-88-75-101-77-89(2)78-102(76-88)134(101)121-55-30-28-53-119(121)132(97-38-14-8-15-39-97,98-40-16-9-17-41-98)123-72-69-109(86-126(123)134)136(105-64-59-93(60-65-105)92-35-12-7-13-36-92)106-66-61-94(62-67-106)117-84-96(63-74-130(117)138-128-57-32-25-50-115(128)116-51-26-33-58-129(116)138)112-48-23-22-47-111(112)95-37-34-46-107(83-95)137(108-68-71-114-113-49-24-27-52-118(113)131(5,6)125(114)85-108)110-70-73-124-127(87-110)135(103-79-90(3)80-104(135)82-91(4)81-103)122-56-31-29-54-120(122)133(124,99-42-18-10-19-43-99)100-44-20-11-21-45-100/h7-74,83-91,101-104H,75-82H2,1-6H3. The van der Waals surface area contributed by atoms with Crippen LogP contribution in [0, 0.1) is 47.3 Å². The molecule has 138 heavy (non-hydrogen) atoms. The topological polar surface area (TPSA) is 11.4 Å². The minimum atomic E-state index is -0.600. The van der Waals surface area contributed by atoms with Crippen LogP contribution in [-0.2, 0) is 27.1 Å². The van der Waals surface area contributed by atoms with Crippen LogP contribution in [0.4, 0.5) is 34.1 Å². The summed E-state index contributed by atoms with van der Waals surface area (Å²) < 4.78 is 2.53. The number of hydrogen-bond acceptors (Lipinski definition) is 2. The highest BCUT2D eigenvalue weighted by molar-refractivity contribution is 6.10. The average Bonchev–Trinajstić information content (AvgIpc) is 0.873. The van der Waals surface area contributed by atoms with Crippen molar-refractivity contribution in [3.05, 3.63) is 521 Å². The van der Waals surface area contributed by atoms with Crippen LogP contribution in [0.5, 0.6) is 0 Å². The van der Waals surface area contributed by atoms with Crippen molar-refractivity contribution in [1.82, 2.24) is 4.57 Å². The van der Waals surface area contributed by atoms with Gasteiger partial charge in [-0.1, -0.05) is 387 Å². The second kappa shape index (κ2) is 32.8. The van der Waals surface area contributed by atoms with Crippen LogP contribution in [0.1, 0.15) is 171 Å². The van der Waals surface area contributed by atoms with Gasteiger partial charge in [0, 0.05) is 66.7 Å². The Labute approximate surface area is 813 Å². The van der Waals surface area contributed by atoms with Gasteiger partial charge in [-0.2, -0.15) is 0 Å². The summed E-state index contributed by atoms with van der Waals surface area (Å²) in [6, 6.07) is 172. The molecule has 26 rings (SSSR count). The fourth-order valence-electron chi connectivity index (χ4n) is 29.6. The third-order valence-electron chi connectivity index (χ3n) is 34.6. The van der Waals surface area contributed by atoms with E-state index in [0.717, 1.165) is 61.9 Å². The Morgan fingerprint density at radius 1 is 0.210 bits per heavy atom. The van der Waals surface area contributed by atoms with Gasteiger partial charge in [-0.3, -0.25) is 0 Å². The zero-order valence-electron chi connectivity index (χ0n) is 79.8. The molecule has 0 unspecified atom stereocenters. The molecule has 3 heteroatoms. The number of benzene rings is 18. The minimum absolute atomic E-state index is 0.224. The molecule has 19 aromatic rings. The van der Waals surface area contributed by atoms with Gasteiger partial charge in [-0.15, -0.1) is 0 Å². The Kier molecular flexibility index (Phi) is 20.0. The van der Waals surface area contributed by atoms with Crippen LogP contribution in [0.3, 0.4) is 0 Å². The molecule has 1 aromatic heterocycles. The monoisotopic (exact) mass is 1780 g/mol. The van der Waals surface area contributed by atoms with Gasteiger partial charge in [-0.25, -0.2) is 0 Å². The SMILES string of the molecule is CC1CC2CC(C)CC(C1)C21c2ccccc2C(c2ccccc2)(c2ccccc2)c2ccc(N(c3ccc(-c4ccccc4)cc3)c3ccc(-c4cc(-c5ccccc5-c5cccc(N(c6ccc7c(c6)C(C)(C)c6ccccc6-7)c6ccc7c(c6)C6(c8ccccc8C7(c7ccccc7)c7ccccc7)C7CC(C)CC6CC(C)C7)c5)ccc4-n4c5ccccc5c5ccccc54)cc3)cc21. The van der Waals surface area contributed by atoms with Crippen LogP contribution in [0.2, 0.25) is 0 Å². The second-order valence-corrected chi connectivity index (χ2v) is 42.6. The van der Waals surface area contributed by atoms with E-state index in [4.69, 9.17) is 0 Å². The predicted molar refractivity (Wildman–Crippen MR) is 575 cm³/mol. The molecule has 0 atom stereocenters. The van der Waals surface area contributed by atoms with E-state index in [1.165, 1.54) is 185 Å². The maximum Gasteiger partial charge on any atom is 0.0707 e.